The largest absolute Gasteiger partial charge is 0.369 e. The van der Waals surface area contributed by atoms with Crippen LogP contribution in [0.3, 0.4) is 0 Å². The number of hydrogen-bond donors (Lipinski definition) is 0. The van der Waals surface area contributed by atoms with Crippen LogP contribution in [0.2, 0.25) is 0 Å². The van der Waals surface area contributed by atoms with E-state index in [9.17, 15) is 9.59 Å². The van der Waals surface area contributed by atoms with Gasteiger partial charge in [-0.15, -0.1) is 0 Å². The predicted octanol–water partition coefficient (Wildman–Crippen LogP) is 1.21. The number of benzene rings is 1. The van der Waals surface area contributed by atoms with Crippen molar-refractivity contribution >= 4 is 11.8 Å². The van der Waals surface area contributed by atoms with Gasteiger partial charge in [-0.25, -0.2) is 0 Å². The highest BCUT2D eigenvalue weighted by Gasteiger charge is 2.34. The van der Waals surface area contributed by atoms with Gasteiger partial charge in [-0.3, -0.25) is 19.4 Å². The Morgan fingerprint density at radius 3 is 2.26 bits per heavy atom. The van der Waals surface area contributed by atoms with Crippen molar-refractivity contribution in [2.45, 2.75) is 6.42 Å². The molecule has 0 bridgehead atoms. The molecule has 0 N–H and O–H groups in total. The van der Waals surface area contributed by atoms with Crippen molar-refractivity contribution in [1.29, 1.82) is 0 Å². The summed E-state index contributed by atoms with van der Waals surface area (Å²) in [6.07, 6.45) is 0.741. The second-order valence-corrected chi connectivity index (χ2v) is 4.66. The minimum atomic E-state index is -0.185. The predicted molar refractivity (Wildman–Crippen MR) is 70.9 cm³/mol. The monoisotopic (exact) mass is 262 g/mol. The van der Waals surface area contributed by atoms with Gasteiger partial charge < -0.3 is 4.74 Å². The lowest BCUT2D eigenvalue weighted by Crippen LogP contribution is -2.33. The molecule has 0 saturated heterocycles. The highest BCUT2D eigenvalue weighted by molar-refractivity contribution is 6.21. The lowest BCUT2D eigenvalue weighted by atomic mass is 10.1. The van der Waals surface area contributed by atoms with Crippen LogP contribution in [0.1, 0.15) is 27.1 Å². The van der Waals surface area contributed by atoms with Gasteiger partial charge in [0.1, 0.15) is 0 Å². The van der Waals surface area contributed by atoms with E-state index in [2.05, 4.69) is 0 Å². The molecular weight excluding hydrogens is 244 g/mol. The lowest BCUT2D eigenvalue weighted by molar-refractivity contribution is 0.0618. The van der Waals surface area contributed by atoms with Crippen molar-refractivity contribution in [3.8, 4) is 0 Å². The molecule has 0 radical (unpaired) electrons. The molecule has 0 saturated carbocycles. The summed E-state index contributed by atoms with van der Waals surface area (Å²) in [6.45, 7) is 1.77. The van der Waals surface area contributed by atoms with E-state index in [-0.39, 0.29) is 11.8 Å². The average molecular weight is 262 g/mol. The van der Waals surface area contributed by atoms with Crippen molar-refractivity contribution in [1.82, 2.24) is 9.80 Å². The highest BCUT2D eigenvalue weighted by atomic mass is 16.5. The summed E-state index contributed by atoms with van der Waals surface area (Å²) in [5, 5.41) is 0. The fraction of sp³-hybridized carbons (Fsp3) is 0.429. The summed E-state index contributed by atoms with van der Waals surface area (Å²) in [6, 6.07) is 6.96. The van der Waals surface area contributed by atoms with E-state index in [1.165, 1.54) is 4.90 Å². The summed E-state index contributed by atoms with van der Waals surface area (Å²) in [4.78, 5) is 27.5. The first kappa shape index (κ1) is 13.7. The van der Waals surface area contributed by atoms with E-state index in [1.54, 1.807) is 31.4 Å². The minimum absolute atomic E-state index is 0.185. The molecule has 1 aliphatic heterocycles. The normalized spacial score (nSPS) is 14.4. The number of rotatable bonds is 6. The topological polar surface area (TPSA) is 49.9 Å². The Balaban J connectivity index is 1.93. The second kappa shape index (κ2) is 5.95. The molecule has 2 amide bonds. The van der Waals surface area contributed by atoms with Gasteiger partial charge in [-0.2, -0.15) is 0 Å². The summed E-state index contributed by atoms with van der Waals surface area (Å²) in [5.74, 6) is -0.370. The Morgan fingerprint density at radius 1 is 1.16 bits per heavy atom. The number of imide groups is 1. The van der Waals surface area contributed by atoms with E-state index in [1.807, 2.05) is 11.9 Å². The van der Waals surface area contributed by atoms with Gasteiger partial charge in [0.2, 0.25) is 0 Å². The standard InChI is InChI=1S/C14H18N2O3/c1-15(10-19-2)8-5-9-16-13(17)11-6-3-4-7-12(11)14(16)18/h3-4,6-7H,5,8-10H2,1-2H3. The Bertz CT molecular complexity index is 452. The van der Waals surface area contributed by atoms with Crippen LogP contribution in [0, 0.1) is 0 Å². The molecule has 0 aliphatic carbocycles. The van der Waals surface area contributed by atoms with E-state index in [0.717, 1.165) is 13.0 Å². The number of carbonyl (C=O) groups excluding carboxylic acids is 2. The summed E-state index contributed by atoms with van der Waals surface area (Å²) in [5.41, 5.74) is 1.02. The zero-order chi connectivity index (χ0) is 13.8. The van der Waals surface area contributed by atoms with Crippen LogP contribution < -0.4 is 0 Å². The summed E-state index contributed by atoms with van der Waals surface area (Å²) in [7, 11) is 3.58. The number of ether oxygens (including phenoxy) is 1. The fourth-order valence-corrected chi connectivity index (χ4v) is 2.23. The first-order chi connectivity index (χ1) is 9.15. The van der Waals surface area contributed by atoms with Crippen LogP contribution in [0.15, 0.2) is 24.3 Å². The van der Waals surface area contributed by atoms with Crippen molar-refractivity contribution < 1.29 is 14.3 Å². The molecule has 0 unspecified atom stereocenters. The Labute approximate surface area is 112 Å². The van der Waals surface area contributed by atoms with Crippen LogP contribution in [0.5, 0.6) is 0 Å². The van der Waals surface area contributed by atoms with Gasteiger partial charge in [-0.05, 0) is 25.6 Å². The molecule has 2 rings (SSSR count). The van der Waals surface area contributed by atoms with Crippen LogP contribution in [0.25, 0.3) is 0 Å². The molecule has 1 heterocycles. The third kappa shape index (κ3) is 2.83. The van der Waals surface area contributed by atoms with Crippen LogP contribution in [-0.2, 0) is 4.74 Å². The maximum Gasteiger partial charge on any atom is 0.261 e. The van der Waals surface area contributed by atoms with Gasteiger partial charge >= 0.3 is 0 Å². The van der Waals surface area contributed by atoms with E-state index in [4.69, 9.17) is 4.74 Å². The molecule has 0 atom stereocenters. The number of carbonyl (C=O) groups is 2. The third-order valence-corrected chi connectivity index (χ3v) is 3.15. The number of fused-ring (bicyclic) bond motifs is 1. The van der Waals surface area contributed by atoms with E-state index in [0.29, 0.717) is 24.4 Å². The number of nitrogens with zero attached hydrogens (tertiary/aromatic N) is 2. The number of hydrogen-bond acceptors (Lipinski definition) is 4. The molecule has 0 aromatic heterocycles. The van der Waals surface area contributed by atoms with E-state index >= 15 is 0 Å². The molecular formula is C14H18N2O3. The maximum atomic E-state index is 12.1. The average Bonchev–Trinajstić information content (AvgIpc) is 2.65. The Hall–Kier alpha value is -1.72. The van der Waals surface area contributed by atoms with Crippen LogP contribution in [0.4, 0.5) is 0 Å². The SMILES string of the molecule is COCN(C)CCCN1C(=O)c2ccccc2C1=O. The summed E-state index contributed by atoms with van der Waals surface area (Å²) >= 11 is 0. The third-order valence-electron chi connectivity index (χ3n) is 3.15. The second-order valence-electron chi connectivity index (χ2n) is 4.66. The minimum Gasteiger partial charge on any atom is -0.369 e. The fourth-order valence-electron chi connectivity index (χ4n) is 2.23. The Morgan fingerprint density at radius 2 is 1.74 bits per heavy atom. The lowest BCUT2D eigenvalue weighted by Gasteiger charge is -2.18. The first-order valence-corrected chi connectivity index (χ1v) is 6.28. The number of amides is 2. The quantitative estimate of drug-likeness (QED) is 0.571. The van der Waals surface area contributed by atoms with Crippen LogP contribution >= 0.6 is 0 Å². The zero-order valence-corrected chi connectivity index (χ0v) is 11.3. The number of methoxy groups -OCH3 is 1. The van der Waals surface area contributed by atoms with Crippen molar-refractivity contribution in [3.05, 3.63) is 35.4 Å². The molecule has 1 aliphatic rings. The van der Waals surface area contributed by atoms with E-state index < -0.39 is 0 Å². The molecule has 5 nitrogen and oxygen atoms in total. The van der Waals surface area contributed by atoms with Crippen molar-refractivity contribution in [2.75, 3.05) is 34.0 Å². The van der Waals surface area contributed by atoms with Gasteiger partial charge in [0.25, 0.3) is 11.8 Å². The van der Waals surface area contributed by atoms with Gasteiger partial charge in [0.05, 0.1) is 17.9 Å². The van der Waals surface area contributed by atoms with Crippen LogP contribution in [-0.4, -0.2) is 55.6 Å². The highest BCUT2D eigenvalue weighted by Crippen LogP contribution is 2.22. The zero-order valence-electron chi connectivity index (χ0n) is 11.3. The molecule has 102 valence electrons. The maximum absolute atomic E-state index is 12.1. The smallest absolute Gasteiger partial charge is 0.261 e. The summed E-state index contributed by atoms with van der Waals surface area (Å²) < 4.78 is 5.00. The molecule has 0 fully saturated rings. The molecule has 5 heteroatoms. The Kier molecular flexibility index (Phi) is 4.29. The van der Waals surface area contributed by atoms with Gasteiger partial charge in [-0.1, -0.05) is 12.1 Å². The molecule has 1 aromatic carbocycles. The first-order valence-electron chi connectivity index (χ1n) is 6.28. The van der Waals surface area contributed by atoms with Gasteiger partial charge in [0, 0.05) is 20.2 Å². The molecule has 0 spiro atoms. The van der Waals surface area contributed by atoms with Crippen molar-refractivity contribution in [3.63, 3.8) is 0 Å². The van der Waals surface area contributed by atoms with Gasteiger partial charge in [0.15, 0.2) is 0 Å². The molecule has 19 heavy (non-hydrogen) atoms. The molecule has 1 aromatic rings. The van der Waals surface area contributed by atoms with Crippen molar-refractivity contribution in [2.24, 2.45) is 0 Å².